The maximum Gasteiger partial charge on any atom is 0.128 e. The standard InChI is InChI=1S/C13H18N4O/c1-18-12-4-5-17(11(6-12)8-15)13-3-2-10(7-14)9-16-13/h2-3,9,11-12H,4-6,8,15H2,1H3. The number of methoxy groups -OCH3 is 1. The fourth-order valence-electron chi connectivity index (χ4n) is 2.38. The van der Waals surface area contributed by atoms with Gasteiger partial charge in [-0.2, -0.15) is 5.26 Å². The Morgan fingerprint density at radius 2 is 2.44 bits per heavy atom. The highest BCUT2D eigenvalue weighted by molar-refractivity contribution is 5.43. The number of ether oxygens (including phenoxy) is 1. The minimum atomic E-state index is 0.254. The lowest BCUT2D eigenvalue weighted by Crippen LogP contribution is -2.49. The second-order valence-corrected chi connectivity index (χ2v) is 4.48. The molecule has 0 radical (unpaired) electrons. The first kappa shape index (κ1) is 12.8. The van der Waals surface area contributed by atoms with E-state index in [4.69, 9.17) is 15.7 Å². The molecule has 1 aliphatic rings. The molecule has 1 fully saturated rings. The van der Waals surface area contributed by atoms with Gasteiger partial charge in [0, 0.05) is 32.4 Å². The Labute approximate surface area is 107 Å². The molecule has 1 saturated heterocycles. The third kappa shape index (κ3) is 2.61. The van der Waals surface area contributed by atoms with Crippen LogP contribution in [0.4, 0.5) is 5.82 Å². The molecular formula is C13H18N4O. The molecule has 1 aliphatic heterocycles. The summed E-state index contributed by atoms with van der Waals surface area (Å²) >= 11 is 0. The monoisotopic (exact) mass is 246 g/mol. The van der Waals surface area contributed by atoms with E-state index in [0.717, 1.165) is 25.2 Å². The first-order valence-electron chi connectivity index (χ1n) is 6.14. The largest absolute Gasteiger partial charge is 0.381 e. The predicted molar refractivity (Wildman–Crippen MR) is 69.2 cm³/mol. The molecule has 2 N–H and O–H groups in total. The van der Waals surface area contributed by atoms with Gasteiger partial charge in [-0.25, -0.2) is 4.98 Å². The van der Waals surface area contributed by atoms with Crippen molar-refractivity contribution < 1.29 is 4.74 Å². The van der Waals surface area contributed by atoms with Crippen LogP contribution in [0.2, 0.25) is 0 Å². The van der Waals surface area contributed by atoms with Crippen molar-refractivity contribution in [3.8, 4) is 6.07 Å². The lowest BCUT2D eigenvalue weighted by molar-refractivity contribution is 0.0708. The fraction of sp³-hybridized carbons (Fsp3) is 0.538. The van der Waals surface area contributed by atoms with Crippen LogP contribution in [-0.4, -0.2) is 37.3 Å². The van der Waals surface area contributed by atoms with Gasteiger partial charge in [-0.1, -0.05) is 0 Å². The van der Waals surface area contributed by atoms with Gasteiger partial charge in [0.25, 0.3) is 0 Å². The van der Waals surface area contributed by atoms with E-state index < -0.39 is 0 Å². The first-order chi connectivity index (χ1) is 8.78. The van der Waals surface area contributed by atoms with Gasteiger partial charge in [0.2, 0.25) is 0 Å². The quantitative estimate of drug-likeness (QED) is 0.857. The summed E-state index contributed by atoms with van der Waals surface area (Å²) in [5.41, 5.74) is 6.41. The Morgan fingerprint density at radius 1 is 1.61 bits per heavy atom. The van der Waals surface area contributed by atoms with Crippen LogP contribution in [0.5, 0.6) is 0 Å². The van der Waals surface area contributed by atoms with E-state index in [0.29, 0.717) is 12.1 Å². The van der Waals surface area contributed by atoms with E-state index in [1.54, 1.807) is 19.4 Å². The summed E-state index contributed by atoms with van der Waals surface area (Å²) in [4.78, 5) is 6.53. The van der Waals surface area contributed by atoms with Crippen LogP contribution in [0, 0.1) is 11.3 Å². The average molecular weight is 246 g/mol. The minimum Gasteiger partial charge on any atom is -0.381 e. The van der Waals surface area contributed by atoms with Gasteiger partial charge in [-0.05, 0) is 25.0 Å². The molecule has 0 amide bonds. The Hall–Kier alpha value is -1.64. The topological polar surface area (TPSA) is 75.2 Å². The third-order valence-corrected chi connectivity index (χ3v) is 3.44. The lowest BCUT2D eigenvalue weighted by atomic mass is 9.99. The third-order valence-electron chi connectivity index (χ3n) is 3.44. The van der Waals surface area contributed by atoms with Crippen LogP contribution in [0.1, 0.15) is 18.4 Å². The van der Waals surface area contributed by atoms with Crippen molar-refractivity contribution in [1.29, 1.82) is 5.26 Å². The smallest absolute Gasteiger partial charge is 0.128 e. The maximum atomic E-state index is 8.76. The Kier molecular flexibility index (Phi) is 4.13. The number of nitrogens with zero attached hydrogens (tertiary/aromatic N) is 3. The van der Waals surface area contributed by atoms with E-state index in [9.17, 15) is 0 Å². The highest BCUT2D eigenvalue weighted by atomic mass is 16.5. The summed E-state index contributed by atoms with van der Waals surface area (Å²) in [5, 5.41) is 8.76. The molecule has 0 saturated carbocycles. The number of rotatable bonds is 3. The Morgan fingerprint density at radius 3 is 3.00 bits per heavy atom. The molecule has 0 aliphatic carbocycles. The fourth-order valence-corrected chi connectivity index (χ4v) is 2.38. The number of nitrogens with two attached hydrogens (primary N) is 1. The van der Waals surface area contributed by atoms with Crippen LogP contribution in [-0.2, 0) is 4.74 Å². The summed E-state index contributed by atoms with van der Waals surface area (Å²) < 4.78 is 5.40. The van der Waals surface area contributed by atoms with Gasteiger partial charge in [-0.15, -0.1) is 0 Å². The highest BCUT2D eigenvalue weighted by Crippen LogP contribution is 2.24. The van der Waals surface area contributed by atoms with Crippen molar-refractivity contribution in [2.45, 2.75) is 25.0 Å². The van der Waals surface area contributed by atoms with Gasteiger partial charge in [0.1, 0.15) is 11.9 Å². The number of anilines is 1. The normalized spacial score (nSPS) is 23.7. The average Bonchev–Trinajstić information content (AvgIpc) is 2.46. The number of piperidine rings is 1. The number of hydrogen-bond acceptors (Lipinski definition) is 5. The van der Waals surface area contributed by atoms with Crippen molar-refractivity contribution >= 4 is 5.82 Å². The molecule has 1 aromatic heterocycles. The molecule has 5 heteroatoms. The Balaban J connectivity index is 2.13. The second kappa shape index (κ2) is 5.80. The van der Waals surface area contributed by atoms with Gasteiger partial charge >= 0.3 is 0 Å². The van der Waals surface area contributed by atoms with Crippen LogP contribution in [0.25, 0.3) is 0 Å². The van der Waals surface area contributed by atoms with Crippen LogP contribution >= 0.6 is 0 Å². The molecule has 2 atom stereocenters. The molecule has 0 aromatic carbocycles. The van der Waals surface area contributed by atoms with Crippen LogP contribution in [0.15, 0.2) is 18.3 Å². The molecule has 2 heterocycles. The molecule has 2 unspecified atom stereocenters. The molecule has 0 spiro atoms. The maximum absolute atomic E-state index is 8.76. The van der Waals surface area contributed by atoms with Gasteiger partial charge in [0.05, 0.1) is 11.7 Å². The van der Waals surface area contributed by atoms with Crippen molar-refractivity contribution in [3.05, 3.63) is 23.9 Å². The van der Waals surface area contributed by atoms with E-state index >= 15 is 0 Å². The summed E-state index contributed by atoms with van der Waals surface area (Å²) in [6.45, 7) is 1.47. The van der Waals surface area contributed by atoms with Crippen molar-refractivity contribution in [3.63, 3.8) is 0 Å². The first-order valence-corrected chi connectivity index (χ1v) is 6.14. The van der Waals surface area contributed by atoms with Crippen LogP contribution in [0.3, 0.4) is 0 Å². The van der Waals surface area contributed by atoms with Gasteiger partial charge < -0.3 is 15.4 Å². The van der Waals surface area contributed by atoms with Gasteiger partial charge in [0.15, 0.2) is 0 Å². The zero-order valence-electron chi connectivity index (χ0n) is 10.5. The molecule has 1 aromatic rings. The number of aromatic nitrogens is 1. The van der Waals surface area contributed by atoms with E-state index in [-0.39, 0.29) is 12.1 Å². The molecule has 2 rings (SSSR count). The molecule has 18 heavy (non-hydrogen) atoms. The molecule has 5 nitrogen and oxygen atoms in total. The van der Waals surface area contributed by atoms with Crippen molar-refractivity contribution in [2.24, 2.45) is 5.73 Å². The number of hydrogen-bond donors (Lipinski definition) is 1. The van der Waals surface area contributed by atoms with E-state index in [2.05, 4.69) is 16.0 Å². The number of nitriles is 1. The predicted octanol–water partition coefficient (Wildman–Crippen LogP) is 0.896. The summed E-state index contributed by atoms with van der Waals surface area (Å²) in [6.07, 6.45) is 3.79. The SMILES string of the molecule is COC1CCN(c2ccc(C#N)cn2)C(CN)C1. The zero-order chi connectivity index (χ0) is 13.0. The minimum absolute atomic E-state index is 0.254. The molecular weight excluding hydrogens is 228 g/mol. The zero-order valence-corrected chi connectivity index (χ0v) is 10.5. The highest BCUT2D eigenvalue weighted by Gasteiger charge is 2.28. The second-order valence-electron chi connectivity index (χ2n) is 4.48. The van der Waals surface area contributed by atoms with Crippen LogP contribution < -0.4 is 10.6 Å². The van der Waals surface area contributed by atoms with E-state index in [1.807, 2.05) is 6.07 Å². The van der Waals surface area contributed by atoms with Crippen molar-refractivity contribution in [1.82, 2.24) is 4.98 Å². The number of pyridine rings is 1. The van der Waals surface area contributed by atoms with Crippen molar-refractivity contribution in [2.75, 3.05) is 25.1 Å². The summed E-state index contributed by atoms with van der Waals surface area (Å²) in [6, 6.07) is 6.00. The lowest BCUT2D eigenvalue weighted by Gasteiger charge is -2.39. The molecule has 96 valence electrons. The Bertz CT molecular complexity index is 426. The van der Waals surface area contributed by atoms with E-state index in [1.165, 1.54) is 0 Å². The summed E-state index contributed by atoms with van der Waals surface area (Å²) in [7, 11) is 1.74. The molecule has 0 bridgehead atoms. The van der Waals surface area contributed by atoms with Gasteiger partial charge in [-0.3, -0.25) is 0 Å². The summed E-state index contributed by atoms with van der Waals surface area (Å²) in [5.74, 6) is 0.888.